The molecule has 0 heterocycles. The van der Waals surface area contributed by atoms with E-state index >= 15 is 0 Å². The molecule has 2 amide bonds. The summed E-state index contributed by atoms with van der Waals surface area (Å²) in [6.07, 6.45) is 8.96. The summed E-state index contributed by atoms with van der Waals surface area (Å²) in [5.74, 6) is 1.30. The SMILES string of the molecule is O=C(NCCC1CCC1)NCC1CCCC(O)C1. The lowest BCUT2D eigenvalue weighted by Crippen LogP contribution is -2.40. The van der Waals surface area contributed by atoms with Crippen LogP contribution in [0.5, 0.6) is 0 Å². The van der Waals surface area contributed by atoms with Crippen molar-refractivity contribution >= 4 is 6.03 Å². The van der Waals surface area contributed by atoms with Crippen LogP contribution in [0.2, 0.25) is 0 Å². The first-order valence-corrected chi connectivity index (χ1v) is 7.44. The number of carbonyl (C=O) groups is 1. The van der Waals surface area contributed by atoms with E-state index in [0.717, 1.165) is 44.6 Å². The summed E-state index contributed by atoms with van der Waals surface area (Å²) in [7, 11) is 0. The maximum Gasteiger partial charge on any atom is 0.314 e. The van der Waals surface area contributed by atoms with E-state index in [1.54, 1.807) is 0 Å². The van der Waals surface area contributed by atoms with Gasteiger partial charge in [-0.3, -0.25) is 0 Å². The Balaban J connectivity index is 1.50. The van der Waals surface area contributed by atoms with Crippen LogP contribution in [0.4, 0.5) is 4.79 Å². The Hall–Kier alpha value is -0.770. The molecule has 0 aromatic rings. The number of nitrogens with one attached hydrogen (secondary N) is 2. The Morgan fingerprint density at radius 2 is 1.78 bits per heavy atom. The van der Waals surface area contributed by atoms with E-state index in [1.807, 2.05) is 0 Å². The van der Waals surface area contributed by atoms with E-state index in [9.17, 15) is 9.90 Å². The highest BCUT2D eigenvalue weighted by Crippen LogP contribution is 2.28. The smallest absolute Gasteiger partial charge is 0.314 e. The molecule has 0 aromatic heterocycles. The molecule has 2 saturated carbocycles. The minimum atomic E-state index is -0.160. The highest BCUT2D eigenvalue weighted by atomic mass is 16.3. The minimum Gasteiger partial charge on any atom is -0.393 e. The zero-order chi connectivity index (χ0) is 12.8. The fourth-order valence-electron chi connectivity index (χ4n) is 2.92. The van der Waals surface area contributed by atoms with E-state index in [0.29, 0.717) is 12.5 Å². The molecule has 2 rings (SSSR count). The van der Waals surface area contributed by atoms with Gasteiger partial charge in [-0.2, -0.15) is 0 Å². The van der Waals surface area contributed by atoms with E-state index in [2.05, 4.69) is 10.6 Å². The normalized spacial score (nSPS) is 28.5. The molecule has 0 radical (unpaired) electrons. The molecule has 2 atom stereocenters. The van der Waals surface area contributed by atoms with Crippen molar-refractivity contribution < 1.29 is 9.90 Å². The molecule has 2 fully saturated rings. The van der Waals surface area contributed by atoms with Crippen molar-refractivity contribution in [3.8, 4) is 0 Å². The lowest BCUT2D eigenvalue weighted by Gasteiger charge is -2.26. The molecule has 4 heteroatoms. The molecule has 18 heavy (non-hydrogen) atoms. The molecule has 2 aliphatic carbocycles. The standard InChI is InChI=1S/C14H26N2O2/c17-13-6-2-5-12(9-13)10-16-14(18)15-8-7-11-3-1-4-11/h11-13,17H,1-10H2,(H2,15,16,18). The van der Waals surface area contributed by atoms with Gasteiger partial charge in [0.1, 0.15) is 0 Å². The second kappa shape index (κ2) is 6.98. The third kappa shape index (κ3) is 4.48. The minimum absolute atomic E-state index is 0.0469. The summed E-state index contributed by atoms with van der Waals surface area (Å²) in [6, 6.07) is -0.0469. The Kier molecular flexibility index (Phi) is 5.29. The molecular weight excluding hydrogens is 228 g/mol. The molecule has 3 N–H and O–H groups in total. The zero-order valence-corrected chi connectivity index (χ0v) is 11.2. The van der Waals surface area contributed by atoms with Crippen LogP contribution >= 0.6 is 0 Å². The third-order valence-corrected chi connectivity index (χ3v) is 4.37. The summed E-state index contributed by atoms with van der Waals surface area (Å²) < 4.78 is 0. The first kappa shape index (κ1) is 13.7. The summed E-state index contributed by atoms with van der Waals surface area (Å²) in [5, 5.41) is 15.4. The van der Waals surface area contributed by atoms with Crippen molar-refractivity contribution in [2.45, 2.75) is 57.5 Å². The molecule has 2 aliphatic rings. The number of aliphatic hydroxyl groups is 1. The average Bonchev–Trinajstić information content (AvgIpc) is 2.30. The number of carbonyl (C=O) groups excluding carboxylic acids is 1. The molecular formula is C14H26N2O2. The van der Waals surface area contributed by atoms with Crippen LogP contribution < -0.4 is 10.6 Å². The van der Waals surface area contributed by atoms with Gasteiger partial charge in [0, 0.05) is 13.1 Å². The second-order valence-corrected chi connectivity index (χ2v) is 5.91. The summed E-state index contributed by atoms with van der Waals surface area (Å²) in [5.41, 5.74) is 0. The maximum atomic E-state index is 11.6. The second-order valence-electron chi connectivity index (χ2n) is 5.91. The van der Waals surface area contributed by atoms with Gasteiger partial charge in [0.05, 0.1) is 6.10 Å². The number of urea groups is 1. The molecule has 104 valence electrons. The van der Waals surface area contributed by atoms with Crippen molar-refractivity contribution in [2.75, 3.05) is 13.1 Å². The lowest BCUT2D eigenvalue weighted by atomic mass is 9.83. The van der Waals surface area contributed by atoms with Gasteiger partial charge < -0.3 is 15.7 Å². The highest BCUT2D eigenvalue weighted by molar-refractivity contribution is 5.73. The van der Waals surface area contributed by atoms with Crippen LogP contribution in [0.1, 0.15) is 51.4 Å². The van der Waals surface area contributed by atoms with Crippen molar-refractivity contribution in [1.82, 2.24) is 10.6 Å². The molecule has 4 nitrogen and oxygen atoms in total. The van der Waals surface area contributed by atoms with Crippen LogP contribution in [-0.4, -0.2) is 30.3 Å². The molecule has 0 spiro atoms. The van der Waals surface area contributed by atoms with Gasteiger partial charge in [0.15, 0.2) is 0 Å². The molecule has 2 unspecified atom stereocenters. The Labute approximate surface area is 110 Å². The summed E-state index contributed by atoms with van der Waals surface area (Å²) >= 11 is 0. The van der Waals surface area contributed by atoms with E-state index < -0.39 is 0 Å². The number of amides is 2. The van der Waals surface area contributed by atoms with Gasteiger partial charge >= 0.3 is 6.03 Å². The van der Waals surface area contributed by atoms with Crippen LogP contribution in [-0.2, 0) is 0 Å². The molecule has 0 saturated heterocycles. The molecule has 0 aliphatic heterocycles. The maximum absolute atomic E-state index is 11.6. The highest BCUT2D eigenvalue weighted by Gasteiger charge is 2.20. The molecule has 0 aromatic carbocycles. The van der Waals surface area contributed by atoms with E-state index in [4.69, 9.17) is 0 Å². The molecule has 0 bridgehead atoms. The fraction of sp³-hybridized carbons (Fsp3) is 0.929. The summed E-state index contributed by atoms with van der Waals surface area (Å²) in [4.78, 5) is 11.6. The van der Waals surface area contributed by atoms with E-state index in [1.165, 1.54) is 19.3 Å². The van der Waals surface area contributed by atoms with Gasteiger partial charge in [0.25, 0.3) is 0 Å². The van der Waals surface area contributed by atoms with Gasteiger partial charge in [-0.1, -0.05) is 25.7 Å². The fourth-order valence-corrected chi connectivity index (χ4v) is 2.92. The summed E-state index contributed by atoms with van der Waals surface area (Å²) in [6.45, 7) is 1.50. The van der Waals surface area contributed by atoms with Gasteiger partial charge in [0.2, 0.25) is 0 Å². The lowest BCUT2D eigenvalue weighted by molar-refractivity contribution is 0.101. The number of rotatable bonds is 5. The number of hydrogen-bond donors (Lipinski definition) is 3. The number of aliphatic hydroxyl groups excluding tert-OH is 1. The third-order valence-electron chi connectivity index (χ3n) is 4.37. The predicted octanol–water partition coefficient (Wildman–Crippen LogP) is 2.03. The van der Waals surface area contributed by atoms with Crippen LogP contribution in [0.25, 0.3) is 0 Å². The van der Waals surface area contributed by atoms with Crippen molar-refractivity contribution in [2.24, 2.45) is 11.8 Å². The first-order chi connectivity index (χ1) is 8.74. The predicted molar refractivity (Wildman–Crippen MR) is 71.3 cm³/mol. The van der Waals surface area contributed by atoms with Crippen LogP contribution in [0.3, 0.4) is 0 Å². The Morgan fingerprint density at radius 1 is 1.06 bits per heavy atom. The largest absolute Gasteiger partial charge is 0.393 e. The monoisotopic (exact) mass is 254 g/mol. The zero-order valence-electron chi connectivity index (χ0n) is 11.2. The Bertz CT molecular complexity index is 267. The van der Waals surface area contributed by atoms with Gasteiger partial charge in [-0.15, -0.1) is 0 Å². The average molecular weight is 254 g/mol. The van der Waals surface area contributed by atoms with Crippen molar-refractivity contribution in [3.05, 3.63) is 0 Å². The Morgan fingerprint density at radius 3 is 2.44 bits per heavy atom. The van der Waals surface area contributed by atoms with Crippen molar-refractivity contribution in [3.63, 3.8) is 0 Å². The topological polar surface area (TPSA) is 61.4 Å². The van der Waals surface area contributed by atoms with Crippen LogP contribution in [0, 0.1) is 11.8 Å². The number of hydrogen-bond acceptors (Lipinski definition) is 2. The quantitative estimate of drug-likeness (QED) is 0.703. The van der Waals surface area contributed by atoms with Crippen molar-refractivity contribution in [1.29, 1.82) is 0 Å². The van der Waals surface area contributed by atoms with Gasteiger partial charge in [-0.25, -0.2) is 4.79 Å². The van der Waals surface area contributed by atoms with Gasteiger partial charge in [-0.05, 0) is 37.5 Å². The van der Waals surface area contributed by atoms with Crippen LogP contribution in [0.15, 0.2) is 0 Å². The first-order valence-electron chi connectivity index (χ1n) is 7.44. The van der Waals surface area contributed by atoms with E-state index in [-0.39, 0.29) is 12.1 Å².